The number of fused-ring (bicyclic) bond motifs is 4. The van der Waals surface area contributed by atoms with E-state index in [0.717, 1.165) is 109 Å². The first kappa shape index (κ1) is 96.6. The number of rotatable bonds is 15. The van der Waals surface area contributed by atoms with Crippen molar-refractivity contribution in [3.8, 4) is 0 Å². The Kier molecular flexibility index (Phi) is 30.0. The van der Waals surface area contributed by atoms with Crippen molar-refractivity contribution in [1.82, 2.24) is 79.4 Å². The topological polar surface area (TPSA) is 260 Å². The number of amides is 5. The van der Waals surface area contributed by atoms with Crippen molar-refractivity contribution >= 4 is 39.6 Å². The van der Waals surface area contributed by atoms with Crippen LogP contribution in [0.1, 0.15) is 275 Å². The first-order valence-corrected chi connectivity index (χ1v) is 46.3. The number of likely N-dealkylation sites (tertiary alicyclic amines) is 4. The standard InChI is InChI=1S/C24H29F3N4O2.C23H29F3N4O3S.2C23H29F3N4O/c1-15(2)13-21(32)31-12-9-18-20(14-31)28-29-22(18)23(33)30-10-7-16(8-11-30)17-5-3-4-6-19(17)24(25,26)27;1-15(2)14-34(32,33)30-12-9-18-20(13-30)27-28-21(18)22(31)29-10-7-16(8-11-29)17-5-3-4-6-19(17)23(24,25)26;1-22(2,3)30-13-10-17-19(14-30)27-28-20(17)21(31)29-11-8-15(9-12-29)16-6-4-5-7-18(16)23(24,25)26;1-15(2)13-29-10-9-18-20(14-29)27-28-21(18)22(31)30-11-7-16(8-12-30)17-5-3-4-6-19(17)23(24,25)26/h3-6,15-16H,7-14H2,1-2H3,(H,28,29);3-6,15-16H,7-14H2,1-2H3,(H,27,28);4-7,15H,8-14H2,1-3H3,(H,27,28);3-6,15-16H,7-14H2,1-2H3,(H,27,28). The predicted molar refractivity (Wildman–Crippen MR) is 461 cm³/mol. The smallest absolute Gasteiger partial charge is 0.337 e. The maximum atomic E-state index is 13.4. The number of H-pyrrole nitrogens is 4. The van der Waals surface area contributed by atoms with Crippen LogP contribution in [0.25, 0.3) is 0 Å². The third kappa shape index (κ3) is 23.0. The molecule has 16 rings (SSSR count). The van der Waals surface area contributed by atoms with Gasteiger partial charge in [0.2, 0.25) is 15.9 Å². The molecule has 36 heteroatoms. The van der Waals surface area contributed by atoms with Gasteiger partial charge in [0.15, 0.2) is 22.8 Å². The fourth-order valence-electron chi connectivity index (χ4n) is 19.3. The van der Waals surface area contributed by atoms with Gasteiger partial charge in [0.05, 0.1) is 63.9 Å². The van der Waals surface area contributed by atoms with Crippen molar-refractivity contribution in [1.29, 1.82) is 0 Å². The number of piperidine rings is 4. The van der Waals surface area contributed by atoms with Gasteiger partial charge in [-0.2, -0.15) is 77.4 Å². The molecule has 4 N–H and O–H groups in total. The van der Waals surface area contributed by atoms with Crippen molar-refractivity contribution in [2.24, 2.45) is 17.8 Å². The van der Waals surface area contributed by atoms with E-state index in [1.165, 1.54) is 34.6 Å². The van der Waals surface area contributed by atoms with E-state index in [4.69, 9.17) is 0 Å². The van der Waals surface area contributed by atoms with Crippen LogP contribution in [0, 0.1) is 17.8 Å². The van der Waals surface area contributed by atoms with Crippen LogP contribution in [0.4, 0.5) is 52.7 Å². The molecule has 0 aliphatic carbocycles. The highest BCUT2D eigenvalue weighted by Gasteiger charge is 2.44. The number of sulfonamides is 1. The Morgan fingerprint density at radius 2 is 0.659 bits per heavy atom. The zero-order chi connectivity index (χ0) is 93.0. The summed E-state index contributed by atoms with van der Waals surface area (Å²) in [7, 11) is -3.39. The number of halogens is 12. The number of carbonyl (C=O) groups is 5. The zero-order valence-corrected chi connectivity index (χ0v) is 75.2. The minimum absolute atomic E-state index is 0.0105. The van der Waals surface area contributed by atoms with Gasteiger partial charge in [-0.3, -0.25) is 54.2 Å². The van der Waals surface area contributed by atoms with Crippen LogP contribution in [0.5, 0.6) is 0 Å². The zero-order valence-electron chi connectivity index (χ0n) is 74.4. The van der Waals surface area contributed by atoms with Crippen LogP contribution in [0.3, 0.4) is 0 Å². The minimum atomic E-state index is -4.41. The summed E-state index contributed by atoms with van der Waals surface area (Å²) < 4.78 is 187. The van der Waals surface area contributed by atoms with Gasteiger partial charge < -0.3 is 24.5 Å². The lowest BCUT2D eigenvalue weighted by atomic mass is 9.86. The summed E-state index contributed by atoms with van der Waals surface area (Å²) in [6.07, 6.45) is -10.6. The van der Waals surface area contributed by atoms with E-state index < -0.39 is 57.0 Å². The fraction of sp³-hybridized carbons (Fsp3) is 0.559. The van der Waals surface area contributed by atoms with Gasteiger partial charge in [-0.25, -0.2) is 8.42 Å². The fourth-order valence-corrected chi connectivity index (χ4v) is 21.1. The molecule has 12 heterocycles. The summed E-state index contributed by atoms with van der Waals surface area (Å²) in [5.41, 5.74) is 7.52. The van der Waals surface area contributed by atoms with Crippen molar-refractivity contribution < 1.29 is 85.1 Å². The highest BCUT2D eigenvalue weighted by atomic mass is 32.2. The van der Waals surface area contributed by atoms with Crippen LogP contribution in [0.15, 0.2) is 97.1 Å². The van der Waals surface area contributed by atoms with E-state index in [-0.39, 0.29) is 101 Å². The summed E-state index contributed by atoms with van der Waals surface area (Å²) in [5, 5.41) is 28.9. The average molecular weight is 1830 g/mol. The summed E-state index contributed by atoms with van der Waals surface area (Å²) in [6, 6.07) is 22.9. The number of carbonyl (C=O) groups excluding carboxylic acids is 5. The van der Waals surface area contributed by atoms with Crippen molar-refractivity contribution in [3.05, 3.63) is 209 Å². The van der Waals surface area contributed by atoms with Gasteiger partial charge >= 0.3 is 24.7 Å². The van der Waals surface area contributed by atoms with Crippen LogP contribution in [-0.2, 0) is 91.4 Å². The Hall–Kier alpha value is -9.94. The molecule has 8 aromatic rings. The second kappa shape index (κ2) is 40.0. The molecule has 4 saturated heterocycles. The molecule has 0 saturated carbocycles. The molecule has 8 aliphatic rings. The van der Waals surface area contributed by atoms with E-state index in [2.05, 4.69) is 85.2 Å². The van der Waals surface area contributed by atoms with Gasteiger partial charge in [0.25, 0.3) is 23.6 Å². The van der Waals surface area contributed by atoms with Crippen LogP contribution in [-0.4, -0.2) is 214 Å². The average Bonchev–Trinajstić information content (AvgIpc) is 1.62. The largest absolute Gasteiger partial charge is 0.416 e. The maximum Gasteiger partial charge on any atom is 0.416 e. The number of aromatic amines is 4. The van der Waals surface area contributed by atoms with Gasteiger partial charge in [-0.05, 0) is 186 Å². The Bertz CT molecular complexity index is 5360. The molecule has 4 aromatic carbocycles. The van der Waals surface area contributed by atoms with Crippen molar-refractivity contribution in [2.75, 3.05) is 90.8 Å². The van der Waals surface area contributed by atoms with Gasteiger partial charge in [-0.15, -0.1) is 0 Å². The van der Waals surface area contributed by atoms with E-state index in [1.807, 2.05) is 27.7 Å². The second-order valence-electron chi connectivity index (χ2n) is 37.4. The SMILES string of the molecule is CC(C)(C)N1CCc2c(C(=O)N3CCC(c4ccccc4C(F)(F)F)CC3)n[nH]c2C1.CC(C)CC(=O)N1CCc2c(C(=O)N3CCC(c4ccccc4C(F)(F)F)CC3)n[nH]c2C1.CC(C)CN1CCc2c(C(=O)N3CCC(c4ccccc4C(F)(F)F)CC3)n[nH]c2C1.CC(C)CS(=O)(=O)N1CCc2c(C(=O)N3CCC(c4ccccc4C(F)(F)F)CC3)n[nH]c2C1. The molecule has 0 radical (unpaired) electrons. The first-order chi connectivity index (χ1) is 60.9. The number of hydrogen-bond donors (Lipinski definition) is 4. The van der Waals surface area contributed by atoms with Crippen LogP contribution >= 0.6 is 0 Å². The third-order valence-electron chi connectivity index (χ3n) is 26.0. The van der Waals surface area contributed by atoms with E-state index in [1.54, 1.807) is 67.0 Å². The summed E-state index contributed by atoms with van der Waals surface area (Å²) in [5.74, 6) is -0.564. The van der Waals surface area contributed by atoms with Crippen LogP contribution < -0.4 is 0 Å². The van der Waals surface area contributed by atoms with Crippen molar-refractivity contribution in [3.63, 3.8) is 0 Å². The molecule has 0 atom stereocenters. The lowest BCUT2D eigenvalue weighted by molar-refractivity contribution is -0.139. The van der Waals surface area contributed by atoms with E-state index in [0.29, 0.717) is 181 Å². The van der Waals surface area contributed by atoms with Crippen LogP contribution in [0.2, 0.25) is 0 Å². The lowest BCUT2D eigenvalue weighted by Gasteiger charge is -2.38. The molecule has 129 heavy (non-hydrogen) atoms. The highest BCUT2D eigenvalue weighted by Crippen LogP contribution is 2.45. The highest BCUT2D eigenvalue weighted by molar-refractivity contribution is 7.89. The molecule has 4 aromatic heterocycles. The molecule has 5 amide bonds. The molecular weight excluding hydrogens is 1710 g/mol. The number of aromatic nitrogens is 8. The molecule has 23 nitrogen and oxygen atoms in total. The Morgan fingerprint density at radius 1 is 0.364 bits per heavy atom. The van der Waals surface area contributed by atoms with Gasteiger partial charge in [0.1, 0.15) is 0 Å². The summed E-state index contributed by atoms with van der Waals surface area (Å²) >= 11 is 0. The lowest BCUT2D eigenvalue weighted by Crippen LogP contribution is -2.44. The van der Waals surface area contributed by atoms with Gasteiger partial charge in [-0.1, -0.05) is 114 Å². The molecule has 4 fully saturated rings. The number of nitrogens with one attached hydrogen (secondary N) is 4. The van der Waals surface area contributed by atoms with E-state index >= 15 is 0 Å². The maximum absolute atomic E-state index is 13.4. The second-order valence-corrected chi connectivity index (χ2v) is 39.4. The molecule has 0 unspecified atom stereocenters. The molecule has 0 spiro atoms. The minimum Gasteiger partial charge on any atom is -0.337 e. The quantitative estimate of drug-likeness (QED) is 0.0697. The Labute approximate surface area is 744 Å². The predicted octanol–water partition coefficient (Wildman–Crippen LogP) is 17.2. The number of hydrogen-bond acceptors (Lipinski definition) is 13. The normalized spacial score (nSPS) is 18.2. The molecule has 0 bridgehead atoms. The third-order valence-corrected chi connectivity index (χ3v) is 28.2. The molecule has 700 valence electrons. The number of alkyl halides is 12. The molecular formula is C93H116F12N16O7S. The Balaban J connectivity index is 0.000000147. The van der Waals surface area contributed by atoms with Gasteiger partial charge in [0, 0.05) is 132 Å². The van der Waals surface area contributed by atoms with E-state index in [9.17, 15) is 85.1 Å². The monoisotopic (exact) mass is 1830 g/mol. The summed E-state index contributed by atoms with van der Waals surface area (Å²) in [4.78, 5) is 78.2. The number of benzene rings is 4. The summed E-state index contributed by atoms with van der Waals surface area (Å²) in [6.45, 7) is 27.5. The molecule has 8 aliphatic heterocycles. The number of nitrogens with zero attached hydrogens (tertiary/aromatic N) is 12. The van der Waals surface area contributed by atoms with Crippen molar-refractivity contribution in [2.45, 2.75) is 226 Å². The first-order valence-electron chi connectivity index (χ1n) is 44.7. The Morgan fingerprint density at radius 3 is 0.969 bits per heavy atom.